The van der Waals surface area contributed by atoms with E-state index in [2.05, 4.69) is 44.9 Å². The van der Waals surface area contributed by atoms with Gasteiger partial charge in [0.2, 0.25) is 0 Å². The lowest BCUT2D eigenvalue weighted by Crippen LogP contribution is -2.66. The van der Waals surface area contributed by atoms with Crippen molar-refractivity contribution in [3.8, 4) is 0 Å². The summed E-state index contributed by atoms with van der Waals surface area (Å²) in [6.07, 6.45) is -26.8. The number of ether oxygens (including phenoxy) is 10. The second kappa shape index (κ2) is 22.4. The Balaban J connectivity index is 1.04. The van der Waals surface area contributed by atoms with E-state index in [1.165, 1.54) is 19.4 Å². The van der Waals surface area contributed by atoms with E-state index >= 15 is 0 Å². The molecule has 0 bridgehead atoms. The average molecular weight is 1110 g/mol. The Morgan fingerprint density at radius 1 is 0.697 bits per heavy atom. The third-order valence-electron chi connectivity index (χ3n) is 19.0. The Bertz CT molecular complexity index is 2220. The van der Waals surface area contributed by atoms with Crippen molar-refractivity contribution in [3.05, 3.63) is 11.6 Å². The standard InChI is InChI=1S/C50H80O25S/c1-20(52)31-25(69-22(3)53)16-50(8)24-10-11-29-47(4,5)30(13-14-48(29,6)23(24)12-15-49(31,50)7)73-46-42(75-43-37(59)36(58)32(54)21(2)68-43)35(57)27(18-66-46)71-44-39(61)41(34(56)28(72-44)19-67-76(62,63)64)74-45-38(60)40(65-9)33(55)26(17-51)70-45/h12,21,24-46,51,54-61H,10-11,13-19H2,1-9H3,(H,62,63,64). The minimum Gasteiger partial charge on any atom is -0.462 e. The van der Waals surface area contributed by atoms with Crippen LogP contribution in [0.25, 0.3) is 0 Å². The number of methoxy groups -OCH3 is 1. The Kier molecular flexibility index (Phi) is 17.7. The van der Waals surface area contributed by atoms with E-state index in [1.54, 1.807) is 6.92 Å². The van der Waals surface area contributed by atoms with Crippen LogP contribution in [0.3, 0.4) is 0 Å². The fraction of sp³-hybridized carbons (Fsp3) is 0.920. The van der Waals surface area contributed by atoms with Gasteiger partial charge in [0.15, 0.2) is 25.2 Å². The van der Waals surface area contributed by atoms with Crippen molar-refractivity contribution < 1.29 is 120 Å². The first kappa shape index (κ1) is 60.1. The van der Waals surface area contributed by atoms with E-state index in [-0.39, 0.29) is 28.4 Å². The molecule has 27 atom stereocenters. The van der Waals surface area contributed by atoms with Crippen molar-refractivity contribution >= 4 is 22.2 Å². The van der Waals surface area contributed by atoms with Gasteiger partial charge in [0, 0.05) is 14.0 Å². The largest absolute Gasteiger partial charge is 0.462 e. The number of aliphatic hydroxyl groups excluding tert-OH is 9. The molecule has 0 aromatic heterocycles. The maximum atomic E-state index is 13.3. The molecule has 4 aliphatic carbocycles. The first-order valence-electron chi connectivity index (χ1n) is 26.2. The molecule has 26 heteroatoms. The monoisotopic (exact) mass is 1110 g/mol. The molecule has 25 nitrogen and oxygen atoms in total. The summed E-state index contributed by atoms with van der Waals surface area (Å²) < 4.78 is 96.9. The lowest BCUT2D eigenvalue weighted by Gasteiger charge is -2.64. The Morgan fingerprint density at radius 2 is 1.32 bits per heavy atom. The molecule has 76 heavy (non-hydrogen) atoms. The zero-order chi connectivity index (χ0) is 55.9. The molecule has 7 fully saturated rings. The molecule has 0 aromatic carbocycles. The third kappa shape index (κ3) is 10.7. The van der Waals surface area contributed by atoms with Gasteiger partial charge in [0.05, 0.1) is 37.9 Å². The number of carbonyl (C=O) groups is 2. The second-order valence-electron chi connectivity index (χ2n) is 23.6. The summed E-state index contributed by atoms with van der Waals surface area (Å²) in [6.45, 7) is 12.9. The number of aliphatic hydroxyl groups is 9. The zero-order valence-electron chi connectivity index (χ0n) is 44.3. The number of rotatable bonds is 15. The van der Waals surface area contributed by atoms with E-state index < -0.39 is 182 Å². The number of fused-ring (bicyclic) bond motifs is 5. The maximum absolute atomic E-state index is 13.3. The summed E-state index contributed by atoms with van der Waals surface area (Å²) in [5, 5.41) is 99.4. The van der Waals surface area contributed by atoms with E-state index in [0.29, 0.717) is 25.7 Å². The Morgan fingerprint density at radius 3 is 1.95 bits per heavy atom. The van der Waals surface area contributed by atoms with Gasteiger partial charge in [0.25, 0.3) is 0 Å². The Labute approximate surface area is 441 Å². The van der Waals surface area contributed by atoms with Crippen LogP contribution >= 0.6 is 0 Å². The summed E-state index contributed by atoms with van der Waals surface area (Å²) in [7, 11) is -3.99. The van der Waals surface area contributed by atoms with Crippen LogP contribution in [0, 0.1) is 39.4 Å². The predicted octanol–water partition coefficient (Wildman–Crippen LogP) is -1.47. The van der Waals surface area contributed by atoms with E-state index in [0.717, 1.165) is 20.0 Å². The highest BCUT2D eigenvalue weighted by Gasteiger charge is 2.69. The van der Waals surface area contributed by atoms with Gasteiger partial charge < -0.3 is 93.3 Å². The lowest BCUT2D eigenvalue weighted by molar-refractivity contribution is -0.388. The van der Waals surface area contributed by atoms with Crippen molar-refractivity contribution in [1.82, 2.24) is 0 Å². The second-order valence-corrected chi connectivity index (χ2v) is 24.7. The smallest absolute Gasteiger partial charge is 0.397 e. The molecule has 27 unspecified atom stereocenters. The SMILES string of the molecule is COC1C(O)C(CO)OC(OC2C(O)C(COS(=O)(=O)O)OC(OC3COC(OC4CCC5(C)C6=CCC7(C)C(C(C)=O)C(OC(C)=O)CC7(C)C6CCC5C4(C)C)C(OC4OC(C)C(O)C(O)C4O)C3O)C2O)C1O. The summed E-state index contributed by atoms with van der Waals surface area (Å²) in [4.78, 5) is 25.6. The highest BCUT2D eigenvalue weighted by molar-refractivity contribution is 7.80. The number of hydrogen-bond donors (Lipinski definition) is 10. The molecule has 3 saturated carbocycles. The summed E-state index contributed by atoms with van der Waals surface area (Å²) >= 11 is 0. The molecule has 4 heterocycles. The van der Waals surface area contributed by atoms with Crippen molar-refractivity contribution in [2.24, 2.45) is 39.4 Å². The topological polar surface area (TPSA) is 372 Å². The van der Waals surface area contributed by atoms with Crippen LogP contribution < -0.4 is 0 Å². The number of Topliss-reactive ketones (excluding diaryl/α,β-unsaturated/α-hetero) is 1. The van der Waals surface area contributed by atoms with E-state index in [9.17, 15) is 68.5 Å². The summed E-state index contributed by atoms with van der Waals surface area (Å²) in [5.41, 5.74) is -0.372. The number of allylic oxidation sites excluding steroid dienone is 2. The van der Waals surface area contributed by atoms with E-state index in [4.69, 9.17) is 47.4 Å². The molecule has 10 N–H and O–H groups in total. The minimum absolute atomic E-state index is 0.000748. The van der Waals surface area contributed by atoms with Gasteiger partial charge in [-0.15, -0.1) is 0 Å². The fourth-order valence-electron chi connectivity index (χ4n) is 14.8. The molecular formula is C50H80O25S. The van der Waals surface area contributed by atoms with Gasteiger partial charge in [-0.05, 0) is 85.9 Å². The van der Waals surface area contributed by atoms with Crippen molar-refractivity contribution in [2.75, 3.05) is 26.9 Å². The predicted molar refractivity (Wildman–Crippen MR) is 255 cm³/mol. The van der Waals surface area contributed by atoms with Crippen LogP contribution in [0.2, 0.25) is 0 Å². The van der Waals surface area contributed by atoms with Crippen LogP contribution in [0.1, 0.15) is 93.9 Å². The summed E-state index contributed by atoms with van der Waals surface area (Å²) in [5.74, 6) is -0.714. The average Bonchev–Trinajstić information content (AvgIpc) is 3.65. The molecule has 4 saturated heterocycles. The molecule has 0 radical (unpaired) electrons. The minimum atomic E-state index is -5.15. The number of carbonyl (C=O) groups excluding carboxylic acids is 2. The van der Waals surface area contributed by atoms with Gasteiger partial charge in [-0.25, -0.2) is 4.18 Å². The van der Waals surface area contributed by atoms with E-state index in [1.807, 2.05) is 0 Å². The molecule has 4 aliphatic heterocycles. The fourth-order valence-corrected chi connectivity index (χ4v) is 15.1. The molecular weight excluding hydrogens is 1030 g/mol. The molecule has 0 amide bonds. The highest BCUT2D eigenvalue weighted by atomic mass is 32.3. The normalized spacial score (nSPS) is 50.4. The van der Waals surface area contributed by atoms with Crippen LogP contribution in [-0.2, 0) is 71.5 Å². The number of ketones is 1. The first-order valence-corrected chi connectivity index (χ1v) is 27.6. The van der Waals surface area contributed by atoms with Crippen molar-refractivity contribution in [1.29, 1.82) is 0 Å². The maximum Gasteiger partial charge on any atom is 0.397 e. The summed E-state index contributed by atoms with van der Waals surface area (Å²) in [6, 6.07) is 0. The van der Waals surface area contributed by atoms with Crippen LogP contribution in [0.15, 0.2) is 11.6 Å². The quantitative estimate of drug-likeness (QED) is 0.0387. The van der Waals surface area contributed by atoms with Crippen LogP contribution in [0.5, 0.6) is 0 Å². The van der Waals surface area contributed by atoms with Gasteiger partial charge >= 0.3 is 16.4 Å². The number of hydrogen-bond acceptors (Lipinski definition) is 24. The van der Waals surface area contributed by atoms with Crippen molar-refractivity contribution in [3.63, 3.8) is 0 Å². The van der Waals surface area contributed by atoms with Gasteiger partial charge in [-0.2, -0.15) is 8.42 Å². The number of esters is 1. The Hall–Kier alpha value is -1.97. The van der Waals surface area contributed by atoms with Gasteiger partial charge in [-0.1, -0.05) is 46.3 Å². The van der Waals surface area contributed by atoms with Crippen LogP contribution in [-0.4, -0.2) is 227 Å². The molecule has 0 aromatic rings. The lowest BCUT2D eigenvalue weighted by atomic mass is 9.41. The van der Waals surface area contributed by atoms with Gasteiger partial charge in [-0.3, -0.25) is 14.1 Å². The van der Waals surface area contributed by atoms with Crippen LogP contribution in [0.4, 0.5) is 0 Å². The molecule has 0 spiro atoms. The molecule has 8 rings (SSSR count). The third-order valence-corrected chi connectivity index (χ3v) is 19.4. The molecule has 436 valence electrons. The highest BCUT2D eigenvalue weighted by Crippen LogP contribution is 2.73. The zero-order valence-corrected chi connectivity index (χ0v) is 45.1. The van der Waals surface area contributed by atoms with Gasteiger partial charge in [0.1, 0.15) is 97.3 Å². The van der Waals surface area contributed by atoms with Crippen molar-refractivity contribution in [2.45, 2.75) is 223 Å². The first-order chi connectivity index (χ1) is 35.4. The molecule has 8 aliphatic rings.